The van der Waals surface area contributed by atoms with Gasteiger partial charge in [-0.25, -0.2) is 4.79 Å². The van der Waals surface area contributed by atoms with Gasteiger partial charge in [0.1, 0.15) is 5.60 Å². The smallest absolute Gasteiger partial charge is 0.410 e. The van der Waals surface area contributed by atoms with E-state index in [1.54, 1.807) is 12.0 Å². The first-order valence-corrected chi connectivity index (χ1v) is 11.0. The molecule has 0 aromatic carbocycles. The largest absolute Gasteiger partial charge is 0.444 e. The number of rotatable bonds is 10. The van der Waals surface area contributed by atoms with Crippen LogP contribution in [0.4, 0.5) is 4.79 Å². The summed E-state index contributed by atoms with van der Waals surface area (Å²) in [5.41, 5.74) is -0.485. The molecular formula is C21H44IN5O3. The van der Waals surface area contributed by atoms with Gasteiger partial charge >= 0.3 is 6.09 Å². The molecule has 0 unspecified atom stereocenters. The molecule has 0 spiro atoms. The molecule has 0 aromatic heterocycles. The van der Waals surface area contributed by atoms with E-state index < -0.39 is 5.60 Å². The van der Waals surface area contributed by atoms with Crippen molar-refractivity contribution in [2.75, 3.05) is 59.5 Å². The van der Waals surface area contributed by atoms with Crippen molar-refractivity contribution in [1.82, 2.24) is 20.4 Å². The first kappa shape index (κ1) is 29.2. The molecule has 0 saturated carbocycles. The van der Waals surface area contributed by atoms with Gasteiger partial charge in [0, 0.05) is 52.4 Å². The second-order valence-corrected chi connectivity index (χ2v) is 8.48. The van der Waals surface area contributed by atoms with Gasteiger partial charge in [-0.1, -0.05) is 6.92 Å². The summed E-state index contributed by atoms with van der Waals surface area (Å²) in [4.78, 5) is 21.3. The summed E-state index contributed by atoms with van der Waals surface area (Å²) in [5.74, 6) is 0.823. The highest BCUT2D eigenvalue weighted by atomic mass is 127. The molecule has 1 fully saturated rings. The van der Waals surface area contributed by atoms with Crippen LogP contribution in [0.3, 0.4) is 0 Å². The Labute approximate surface area is 200 Å². The maximum absolute atomic E-state index is 12.4. The van der Waals surface area contributed by atoms with E-state index in [0.29, 0.717) is 25.7 Å². The van der Waals surface area contributed by atoms with Crippen molar-refractivity contribution >= 4 is 36.0 Å². The minimum atomic E-state index is -0.485. The van der Waals surface area contributed by atoms with Crippen LogP contribution in [0.2, 0.25) is 0 Å². The van der Waals surface area contributed by atoms with E-state index in [1.165, 1.54) is 0 Å². The second-order valence-electron chi connectivity index (χ2n) is 8.48. The molecule has 2 N–H and O–H groups in total. The fraction of sp³-hybridized carbons (Fsp3) is 0.905. The van der Waals surface area contributed by atoms with E-state index in [2.05, 4.69) is 34.4 Å². The van der Waals surface area contributed by atoms with Crippen LogP contribution in [0.15, 0.2) is 4.99 Å². The van der Waals surface area contributed by atoms with Gasteiger partial charge in [-0.05, 0) is 47.0 Å². The zero-order chi connectivity index (χ0) is 21.7. The topological polar surface area (TPSA) is 78.4 Å². The first-order chi connectivity index (χ1) is 13.8. The molecule has 0 atom stereocenters. The number of halogens is 1. The van der Waals surface area contributed by atoms with Gasteiger partial charge in [0.05, 0.1) is 13.2 Å². The highest BCUT2D eigenvalue weighted by Crippen LogP contribution is 2.11. The molecule has 1 heterocycles. The minimum absolute atomic E-state index is 0. The average molecular weight is 542 g/mol. The van der Waals surface area contributed by atoms with Crippen LogP contribution in [-0.2, 0) is 9.47 Å². The summed E-state index contributed by atoms with van der Waals surface area (Å²) < 4.78 is 10.7. The Morgan fingerprint density at radius 3 is 2.40 bits per heavy atom. The number of carbonyl (C=O) groups excluding carboxylic acids is 1. The van der Waals surface area contributed by atoms with Crippen LogP contribution in [0, 0.1) is 0 Å². The number of piperidine rings is 1. The zero-order valence-corrected chi connectivity index (χ0v) is 22.2. The number of methoxy groups -OCH3 is 1. The lowest BCUT2D eigenvalue weighted by molar-refractivity contribution is 0.0256. The Kier molecular flexibility index (Phi) is 15.5. The fourth-order valence-corrected chi connectivity index (χ4v) is 3.21. The van der Waals surface area contributed by atoms with Crippen molar-refractivity contribution in [2.45, 2.75) is 65.5 Å². The molecular weight excluding hydrogens is 497 g/mol. The van der Waals surface area contributed by atoms with E-state index in [-0.39, 0.29) is 30.1 Å². The summed E-state index contributed by atoms with van der Waals surface area (Å²) in [7, 11) is 1.75. The van der Waals surface area contributed by atoms with E-state index in [4.69, 9.17) is 9.47 Å². The van der Waals surface area contributed by atoms with Gasteiger partial charge in [0.25, 0.3) is 0 Å². The Bertz CT molecular complexity index is 492. The molecule has 1 saturated heterocycles. The van der Waals surface area contributed by atoms with Gasteiger partial charge in [0.2, 0.25) is 0 Å². The van der Waals surface area contributed by atoms with E-state index >= 15 is 0 Å². The third kappa shape index (κ3) is 12.8. The van der Waals surface area contributed by atoms with Crippen LogP contribution in [0.1, 0.15) is 53.9 Å². The summed E-state index contributed by atoms with van der Waals surface area (Å²) in [6.07, 6.45) is 2.81. The quantitative estimate of drug-likeness (QED) is 0.252. The lowest BCUT2D eigenvalue weighted by Gasteiger charge is -2.33. The number of ether oxygens (including phenoxy) is 2. The molecule has 8 nitrogen and oxygen atoms in total. The maximum atomic E-state index is 12.4. The summed E-state index contributed by atoms with van der Waals surface area (Å²) >= 11 is 0. The molecule has 0 bridgehead atoms. The molecule has 0 aliphatic carbocycles. The maximum Gasteiger partial charge on any atom is 0.410 e. The van der Waals surface area contributed by atoms with Crippen LogP contribution in [0.5, 0.6) is 0 Å². The number of guanidine groups is 1. The van der Waals surface area contributed by atoms with Crippen molar-refractivity contribution in [3.63, 3.8) is 0 Å². The number of amides is 1. The number of likely N-dealkylation sites (tertiary alicyclic amines) is 1. The zero-order valence-electron chi connectivity index (χ0n) is 19.8. The minimum Gasteiger partial charge on any atom is -0.444 e. The molecule has 178 valence electrons. The Morgan fingerprint density at radius 1 is 1.20 bits per heavy atom. The normalized spacial score (nSPS) is 16.0. The molecule has 1 rings (SSSR count). The molecule has 1 aliphatic heterocycles. The molecule has 0 radical (unpaired) electrons. The van der Waals surface area contributed by atoms with Crippen LogP contribution < -0.4 is 10.6 Å². The van der Waals surface area contributed by atoms with E-state index in [0.717, 1.165) is 58.0 Å². The number of hydrogen-bond donors (Lipinski definition) is 2. The van der Waals surface area contributed by atoms with Gasteiger partial charge in [-0.3, -0.25) is 4.99 Å². The fourth-order valence-electron chi connectivity index (χ4n) is 3.21. The van der Waals surface area contributed by atoms with Crippen molar-refractivity contribution in [2.24, 2.45) is 4.99 Å². The van der Waals surface area contributed by atoms with Crippen molar-refractivity contribution in [3.05, 3.63) is 0 Å². The van der Waals surface area contributed by atoms with Crippen molar-refractivity contribution in [1.29, 1.82) is 0 Å². The summed E-state index contributed by atoms with van der Waals surface area (Å²) in [6, 6.07) is 0.421. The van der Waals surface area contributed by atoms with Crippen LogP contribution in [0.25, 0.3) is 0 Å². The molecule has 9 heteroatoms. The Morgan fingerprint density at radius 2 is 1.87 bits per heavy atom. The highest BCUT2D eigenvalue weighted by Gasteiger charge is 2.22. The molecule has 0 aromatic rings. The van der Waals surface area contributed by atoms with Crippen molar-refractivity contribution < 1.29 is 14.3 Å². The van der Waals surface area contributed by atoms with E-state index in [1.807, 2.05) is 20.8 Å². The number of carbonyl (C=O) groups is 1. The van der Waals surface area contributed by atoms with Gasteiger partial charge < -0.3 is 29.9 Å². The molecule has 30 heavy (non-hydrogen) atoms. The predicted octanol–water partition coefficient (Wildman–Crippen LogP) is 2.92. The molecule has 1 aliphatic rings. The Hall–Kier alpha value is -0.810. The number of nitrogens with one attached hydrogen (secondary N) is 2. The monoisotopic (exact) mass is 541 g/mol. The summed E-state index contributed by atoms with van der Waals surface area (Å²) in [6.45, 7) is 16.3. The van der Waals surface area contributed by atoms with Crippen LogP contribution in [-0.4, -0.2) is 93.0 Å². The van der Waals surface area contributed by atoms with E-state index in [9.17, 15) is 4.79 Å². The van der Waals surface area contributed by atoms with Gasteiger partial charge in [-0.15, -0.1) is 24.0 Å². The van der Waals surface area contributed by atoms with Crippen molar-refractivity contribution in [3.8, 4) is 0 Å². The molecule has 1 amide bonds. The predicted molar refractivity (Wildman–Crippen MR) is 134 cm³/mol. The highest BCUT2D eigenvalue weighted by molar-refractivity contribution is 14.0. The number of hydrogen-bond acceptors (Lipinski definition) is 5. The standard InChI is InChI=1S/C21H43N5O3.HI/c1-7-12-26(20(27)29-21(3,4)5)15-11-23-19(22-8-2)24-18-9-13-25(14-10-18)16-17-28-6;/h18H,7-17H2,1-6H3,(H2,22,23,24);1H. The second kappa shape index (κ2) is 15.9. The van der Waals surface area contributed by atoms with Gasteiger partial charge in [0.15, 0.2) is 5.96 Å². The SMILES string of the molecule is CCCN(CCN=C(NCC)NC1CCN(CCOC)CC1)C(=O)OC(C)(C)C.I. The lowest BCUT2D eigenvalue weighted by atomic mass is 10.1. The third-order valence-corrected chi connectivity index (χ3v) is 4.67. The lowest BCUT2D eigenvalue weighted by Crippen LogP contribution is -2.49. The average Bonchev–Trinajstić information content (AvgIpc) is 2.65. The van der Waals surface area contributed by atoms with Gasteiger partial charge in [-0.2, -0.15) is 0 Å². The number of aliphatic imine (C=N–C) groups is 1. The Balaban J connectivity index is 0.00000841. The number of nitrogens with zero attached hydrogens (tertiary/aromatic N) is 3. The first-order valence-electron chi connectivity index (χ1n) is 11.0. The third-order valence-electron chi connectivity index (χ3n) is 4.67. The summed E-state index contributed by atoms with van der Waals surface area (Å²) in [5, 5.41) is 6.87. The van der Waals surface area contributed by atoms with Crippen LogP contribution >= 0.6 is 24.0 Å².